The van der Waals surface area contributed by atoms with E-state index in [1.54, 1.807) is 18.2 Å². The van der Waals surface area contributed by atoms with Gasteiger partial charge in [0.25, 0.3) is 0 Å². The number of aliphatic hydroxyl groups is 1. The Kier molecular flexibility index (Phi) is 4.05. The number of hydrogen-bond donors (Lipinski definition) is 1. The number of benzene rings is 1. The highest BCUT2D eigenvalue weighted by atomic mass is 32.2. The molecule has 2 atom stereocenters. The van der Waals surface area contributed by atoms with Crippen LogP contribution in [0.3, 0.4) is 0 Å². The third-order valence-electron chi connectivity index (χ3n) is 4.38. The van der Waals surface area contributed by atoms with Crippen LogP contribution < -0.4 is 0 Å². The molecule has 1 N–H and O–H groups in total. The van der Waals surface area contributed by atoms with Crippen LogP contribution in [-0.2, 0) is 27.8 Å². The van der Waals surface area contributed by atoms with Gasteiger partial charge in [0, 0.05) is 13.1 Å². The highest BCUT2D eigenvalue weighted by molar-refractivity contribution is 7.89. The molecule has 2 unspecified atom stereocenters. The van der Waals surface area contributed by atoms with Crippen molar-refractivity contribution in [3.8, 4) is 0 Å². The van der Waals surface area contributed by atoms with Crippen LogP contribution in [0.5, 0.6) is 0 Å². The Balaban J connectivity index is 1.91. The SMILES string of the molecule is CCc1ccc(S(=O)(=O)N2CC3CCC(C2)O3)cc1CO. The minimum absolute atomic E-state index is 0.0331. The maximum atomic E-state index is 12.8. The standard InChI is InChI=1S/C15H21NO4S/c1-2-11-3-6-15(7-12(11)10-17)21(18,19)16-8-13-4-5-14(9-16)20-13/h3,6-7,13-14,17H,2,4-5,8-10H2,1H3. The average Bonchev–Trinajstić information content (AvgIpc) is 2.84. The first-order chi connectivity index (χ1) is 10.0. The summed E-state index contributed by atoms with van der Waals surface area (Å²) in [5.74, 6) is 0. The van der Waals surface area contributed by atoms with Crippen molar-refractivity contribution in [2.75, 3.05) is 13.1 Å². The molecule has 1 aromatic rings. The molecule has 2 heterocycles. The summed E-state index contributed by atoms with van der Waals surface area (Å²) in [5.41, 5.74) is 1.67. The number of ether oxygens (including phenoxy) is 1. The summed E-state index contributed by atoms with van der Waals surface area (Å²) < 4.78 is 32.7. The van der Waals surface area contributed by atoms with Gasteiger partial charge >= 0.3 is 0 Å². The van der Waals surface area contributed by atoms with Crippen molar-refractivity contribution in [2.24, 2.45) is 0 Å². The Morgan fingerprint density at radius 1 is 1.24 bits per heavy atom. The monoisotopic (exact) mass is 311 g/mol. The van der Waals surface area contributed by atoms with Gasteiger partial charge in [0.1, 0.15) is 0 Å². The van der Waals surface area contributed by atoms with Crippen molar-refractivity contribution in [1.29, 1.82) is 0 Å². The second-order valence-electron chi connectivity index (χ2n) is 5.72. The van der Waals surface area contributed by atoms with Gasteiger partial charge in [0.05, 0.1) is 23.7 Å². The van der Waals surface area contributed by atoms with E-state index in [1.165, 1.54) is 4.31 Å². The van der Waals surface area contributed by atoms with Gasteiger partial charge in [-0.05, 0) is 42.5 Å². The Morgan fingerprint density at radius 2 is 1.90 bits per heavy atom. The summed E-state index contributed by atoms with van der Waals surface area (Å²) in [6, 6.07) is 5.05. The summed E-state index contributed by atoms with van der Waals surface area (Å²) in [4.78, 5) is 0.269. The normalized spacial score (nSPS) is 26.2. The van der Waals surface area contributed by atoms with Crippen LogP contribution in [0.25, 0.3) is 0 Å². The molecule has 5 nitrogen and oxygen atoms in total. The van der Waals surface area contributed by atoms with E-state index >= 15 is 0 Å². The van der Waals surface area contributed by atoms with Gasteiger partial charge in [-0.3, -0.25) is 0 Å². The number of fused-ring (bicyclic) bond motifs is 2. The van der Waals surface area contributed by atoms with Crippen molar-refractivity contribution in [3.63, 3.8) is 0 Å². The van der Waals surface area contributed by atoms with E-state index in [-0.39, 0.29) is 23.7 Å². The van der Waals surface area contributed by atoms with Crippen LogP contribution in [0, 0.1) is 0 Å². The van der Waals surface area contributed by atoms with Gasteiger partial charge in [0.15, 0.2) is 0 Å². The third-order valence-corrected chi connectivity index (χ3v) is 6.20. The summed E-state index contributed by atoms with van der Waals surface area (Å²) in [6.07, 6.45) is 2.72. The van der Waals surface area contributed by atoms with E-state index in [0.29, 0.717) is 18.7 Å². The number of morpholine rings is 1. The molecule has 0 radical (unpaired) electrons. The van der Waals surface area contributed by atoms with Gasteiger partial charge in [-0.15, -0.1) is 0 Å². The van der Waals surface area contributed by atoms with Crippen LogP contribution >= 0.6 is 0 Å². The van der Waals surface area contributed by atoms with E-state index in [1.807, 2.05) is 6.92 Å². The van der Waals surface area contributed by atoms with Crippen molar-refractivity contribution < 1.29 is 18.3 Å². The van der Waals surface area contributed by atoms with Gasteiger partial charge in [-0.2, -0.15) is 4.31 Å². The highest BCUT2D eigenvalue weighted by Gasteiger charge is 2.39. The van der Waals surface area contributed by atoms with Crippen LogP contribution in [0.1, 0.15) is 30.9 Å². The summed E-state index contributed by atoms with van der Waals surface area (Å²) >= 11 is 0. The van der Waals surface area contributed by atoms with E-state index in [4.69, 9.17) is 4.74 Å². The molecule has 2 aliphatic rings. The lowest BCUT2D eigenvalue weighted by Gasteiger charge is -2.31. The molecule has 116 valence electrons. The Hall–Kier alpha value is -0.950. The Morgan fingerprint density at radius 3 is 2.48 bits per heavy atom. The molecule has 3 rings (SSSR count). The molecule has 2 bridgehead atoms. The Labute approximate surface area is 125 Å². The number of rotatable bonds is 4. The molecule has 0 saturated carbocycles. The van der Waals surface area contributed by atoms with Crippen molar-refractivity contribution >= 4 is 10.0 Å². The van der Waals surface area contributed by atoms with Crippen LogP contribution in [0.4, 0.5) is 0 Å². The quantitative estimate of drug-likeness (QED) is 0.910. The first kappa shape index (κ1) is 15.0. The second-order valence-corrected chi connectivity index (χ2v) is 7.66. The van der Waals surface area contributed by atoms with Crippen LogP contribution in [0.15, 0.2) is 23.1 Å². The molecule has 2 saturated heterocycles. The molecular formula is C15H21NO4S. The lowest BCUT2D eigenvalue weighted by molar-refractivity contribution is -0.0114. The van der Waals surface area contributed by atoms with Crippen molar-refractivity contribution in [1.82, 2.24) is 4.31 Å². The number of aliphatic hydroxyl groups excluding tert-OH is 1. The van der Waals surface area contributed by atoms with Gasteiger partial charge in [-0.1, -0.05) is 13.0 Å². The fourth-order valence-corrected chi connectivity index (χ4v) is 4.73. The number of nitrogens with zero attached hydrogens (tertiary/aromatic N) is 1. The molecule has 2 fully saturated rings. The minimum Gasteiger partial charge on any atom is -0.392 e. The van der Waals surface area contributed by atoms with Gasteiger partial charge in [-0.25, -0.2) is 8.42 Å². The molecule has 0 aliphatic carbocycles. The van der Waals surface area contributed by atoms with Crippen molar-refractivity contribution in [2.45, 2.75) is 49.9 Å². The van der Waals surface area contributed by atoms with Gasteiger partial charge in [0.2, 0.25) is 10.0 Å². The van der Waals surface area contributed by atoms with E-state index in [2.05, 4.69) is 0 Å². The molecule has 1 aromatic carbocycles. The largest absolute Gasteiger partial charge is 0.392 e. The predicted octanol–water partition coefficient (Wildman–Crippen LogP) is 1.29. The molecular weight excluding hydrogens is 290 g/mol. The number of aryl methyl sites for hydroxylation is 1. The summed E-state index contributed by atoms with van der Waals surface area (Å²) in [6.45, 7) is 2.72. The fraction of sp³-hybridized carbons (Fsp3) is 0.600. The van der Waals surface area contributed by atoms with E-state index in [0.717, 1.165) is 24.8 Å². The lowest BCUT2D eigenvalue weighted by atomic mass is 10.1. The topological polar surface area (TPSA) is 66.8 Å². The predicted molar refractivity (Wildman–Crippen MR) is 78.4 cm³/mol. The molecule has 6 heteroatoms. The van der Waals surface area contributed by atoms with E-state index < -0.39 is 10.0 Å². The smallest absolute Gasteiger partial charge is 0.243 e. The van der Waals surface area contributed by atoms with E-state index in [9.17, 15) is 13.5 Å². The maximum absolute atomic E-state index is 12.8. The minimum atomic E-state index is -3.50. The maximum Gasteiger partial charge on any atom is 0.243 e. The van der Waals surface area contributed by atoms with Crippen molar-refractivity contribution in [3.05, 3.63) is 29.3 Å². The number of sulfonamides is 1. The first-order valence-electron chi connectivity index (χ1n) is 7.43. The highest BCUT2D eigenvalue weighted by Crippen LogP contribution is 2.30. The molecule has 0 amide bonds. The molecule has 2 aliphatic heterocycles. The zero-order valence-corrected chi connectivity index (χ0v) is 13.0. The Bertz CT molecular complexity index is 617. The number of hydrogen-bond acceptors (Lipinski definition) is 4. The second kappa shape index (κ2) is 5.68. The molecule has 0 aromatic heterocycles. The molecule has 21 heavy (non-hydrogen) atoms. The zero-order valence-electron chi connectivity index (χ0n) is 12.2. The fourth-order valence-electron chi connectivity index (χ4n) is 3.18. The zero-order chi connectivity index (χ0) is 15.0. The van der Waals surface area contributed by atoms with Crippen LogP contribution in [0.2, 0.25) is 0 Å². The summed E-state index contributed by atoms with van der Waals surface area (Å²) in [5, 5.41) is 9.42. The first-order valence-corrected chi connectivity index (χ1v) is 8.87. The third kappa shape index (κ3) is 2.73. The van der Waals surface area contributed by atoms with Gasteiger partial charge < -0.3 is 9.84 Å². The lowest BCUT2D eigenvalue weighted by Crippen LogP contribution is -2.45. The molecule has 0 spiro atoms. The summed E-state index contributed by atoms with van der Waals surface area (Å²) in [7, 11) is -3.50. The average molecular weight is 311 g/mol. The van der Waals surface area contributed by atoms with Crippen LogP contribution in [-0.4, -0.2) is 43.1 Å².